The molecule has 0 aromatic heterocycles. The first-order valence-electron chi connectivity index (χ1n) is 7.94. The highest BCUT2D eigenvalue weighted by Crippen LogP contribution is 2.15. The van der Waals surface area contributed by atoms with Crippen LogP contribution in [0.25, 0.3) is 0 Å². The minimum atomic E-state index is 0.409. The molecular formula is C18H32N2. The van der Waals surface area contributed by atoms with Crippen LogP contribution in [-0.4, -0.2) is 31.6 Å². The highest BCUT2D eigenvalue weighted by Gasteiger charge is 2.16. The number of nitrogens with zero attached hydrogens (tertiary/aromatic N) is 1. The fraction of sp³-hybridized carbons (Fsp3) is 0.667. The second-order valence-electron chi connectivity index (χ2n) is 6.40. The van der Waals surface area contributed by atoms with Gasteiger partial charge in [-0.2, -0.15) is 0 Å². The van der Waals surface area contributed by atoms with Gasteiger partial charge in [0.25, 0.3) is 0 Å². The number of benzene rings is 1. The molecule has 0 saturated heterocycles. The van der Waals surface area contributed by atoms with E-state index in [1.165, 1.54) is 24.0 Å². The molecule has 0 heterocycles. The fourth-order valence-electron chi connectivity index (χ4n) is 2.69. The van der Waals surface area contributed by atoms with Crippen molar-refractivity contribution >= 4 is 0 Å². The van der Waals surface area contributed by atoms with Crippen LogP contribution in [0.4, 0.5) is 0 Å². The maximum Gasteiger partial charge on any atom is 0.0292 e. The zero-order valence-corrected chi connectivity index (χ0v) is 14.1. The van der Waals surface area contributed by atoms with Crippen molar-refractivity contribution in [2.24, 2.45) is 5.92 Å². The summed E-state index contributed by atoms with van der Waals surface area (Å²) in [6.07, 6.45) is 2.39. The summed E-state index contributed by atoms with van der Waals surface area (Å²) in [5.41, 5.74) is 2.82. The number of hydrogen-bond acceptors (Lipinski definition) is 2. The lowest BCUT2D eigenvalue weighted by atomic mass is 10.0. The Kier molecular flexibility index (Phi) is 7.25. The molecule has 1 N–H and O–H groups in total. The molecule has 0 bridgehead atoms. The van der Waals surface area contributed by atoms with E-state index in [1.807, 2.05) is 0 Å². The quantitative estimate of drug-likeness (QED) is 0.775. The smallest absolute Gasteiger partial charge is 0.0292 e. The molecule has 114 valence electrons. The van der Waals surface area contributed by atoms with Crippen molar-refractivity contribution < 1.29 is 0 Å². The van der Waals surface area contributed by atoms with Gasteiger partial charge in [0, 0.05) is 18.6 Å². The van der Waals surface area contributed by atoms with Crippen LogP contribution < -0.4 is 5.32 Å². The van der Waals surface area contributed by atoms with Gasteiger partial charge in [0.05, 0.1) is 0 Å². The number of rotatable bonds is 8. The minimum absolute atomic E-state index is 0.409. The summed E-state index contributed by atoms with van der Waals surface area (Å²) >= 11 is 0. The van der Waals surface area contributed by atoms with Crippen molar-refractivity contribution in [1.29, 1.82) is 0 Å². The first-order valence-corrected chi connectivity index (χ1v) is 7.94. The average molecular weight is 276 g/mol. The van der Waals surface area contributed by atoms with E-state index in [-0.39, 0.29) is 0 Å². The molecule has 2 atom stereocenters. The monoisotopic (exact) mass is 276 g/mol. The molecule has 20 heavy (non-hydrogen) atoms. The van der Waals surface area contributed by atoms with Gasteiger partial charge in [0.15, 0.2) is 0 Å². The van der Waals surface area contributed by atoms with Crippen LogP contribution in [0.2, 0.25) is 0 Å². The Morgan fingerprint density at radius 2 is 1.65 bits per heavy atom. The molecule has 0 aliphatic carbocycles. The summed E-state index contributed by atoms with van der Waals surface area (Å²) in [5.74, 6) is 0.664. The van der Waals surface area contributed by atoms with Crippen molar-refractivity contribution in [3.63, 3.8) is 0 Å². The zero-order chi connectivity index (χ0) is 15.1. The van der Waals surface area contributed by atoms with Gasteiger partial charge < -0.3 is 10.2 Å². The number of likely N-dealkylation sites (N-methyl/N-ethyl adjacent to an activating group) is 1. The highest BCUT2D eigenvalue weighted by molar-refractivity contribution is 5.24. The van der Waals surface area contributed by atoms with Crippen LogP contribution in [-0.2, 0) is 6.42 Å². The van der Waals surface area contributed by atoms with Crippen molar-refractivity contribution in [2.45, 2.75) is 52.6 Å². The Morgan fingerprint density at radius 1 is 1.05 bits per heavy atom. The first kappa shape index (κ1) is 17.2. The lowest BCUT2D eigenvalue weighted by molar-refractivity contribution is 0.220. The summed E-state index contributed by atoms with van der Waals surface area (Å²) in [6.45, 7) is 10.1. The van der Waals surface area contributed by atoms with Crippen molar-refractivity contribution in [1.82, 2.24) is 10.2 Å². The Balaban J connectivity index is 2.55. The summed E-state index contributed by atoms with van der Waals surface area (Å²) in [4.78, 5) is 2.31. The Bertz CT molecular complexity index is 360. The Labute approximate surface area is 125 Å². The summed E-state index contributed by atoms with van der Waals surface area (Å²) < 4.78 is 0. The predicted molar refractivity (Wildman–Crippen MR) is 89.2 cm³/mol. The van der Waals surface area contributed by atoms with Gasteiger partial charge in [-0.3, -0.25) is 0 Å². The lowest BCUT2D eigenvalue weighted by Crippen LogP contribution is -2.42. The highest BCUT2D eigenvalue weighted by atomic mass is 15.1. The molecule has 0 radical (unpaired) electrons. The van der Waals surface area contributed by atoms with Crippen LogP contribution in [0.5, 0.6) is 0 Å². The van der Waals surface area contributed by atoms with E-state index in [2.05, 4.69) is 76.3 Å². The van der Waals surface area contributed by atoms with E-state index in [0.29, 0.717) is 18.0 Å². The first-order chi connectivity index (χ1) is 9.45. The standard InChI is InChI=1S/C18H32N2/c1-7-8-16-9-11-17(12-10-16)15(4)19-13-18(14(2)3)20(5)6/h9-12,14-15,18-19H,7-8,13H2,1-6H3. The van der Waals surface area contributed by atoms with E-state index >= 15 is 0 Å². The van der Waals surface area contributed by atoms with E-state index in [0.717, 1.165) is 6.54 Å². The minimum Gasteiger partial charge on any atom is -0.309 e. The summed E-state index contributed by atoms with van der Waals surface area (Å²) in [7, 11) is 4.33. The second kappa shape index (κ2) is 8.43. The Hall–Kier alpha value is -0.860. The molecule has 0 fully saturated rings. The SMILES string of the molecule is CCCc1ccc(C(C)NCC(C(C)C)N(C)C)cc1. The van der Waals surface area contributed by atoms with Crippen molar-refractivity contribution in [3.05, 3.63) is 35.4 Å². The van der Waals surface area contributed by atoms with E-state index in [9.17, 15) is 0 Å². The molecule has 0 aliphatic heterocycles. The van der Waals surface area contributed by atoms with Crippen LogP contribution in [0.15, 0.2) is 24.3 Å². The van der Waals surface area contributed by atoms with Gasteiger partial charge in [-0.05, 0) is 44.5 Å². The molecule has 1 rings (SSSR count). The van der Waals surface area contributed by atoms with Crippen LogP contribution in [0, 0.1) is 5.92 Å². The molecule has 0 saturated carbocycles. The maximum atomic E-state index is 3.67. The van der Waals surface area contributed by atoms with Crippen molar-refractivity contribution in [3.8, 4) is 0 Å². The molecule has 0 spiro atoms. The lowest BCUT2D eigenvalue weighted by Gasteiger charge is -2.29. The number of nitrogens with one attached hydrogen (secondary N) is 1. The van der Waals surface area contributed by atoms with Crippen LogP contribution in [0.1, 0.15) is 51.3 Å². The van der Waals surface area contributed by atoms with Gasteiger partial charge >= 0.3 is 0 Å². The maximum absolute atomic E-state index is 3.67. The van der Waals surface area contributed by atoms with Crippen LogP contribution in [0.3, 0.4) is 0 Å². The average Bonchev–Trinajstić information content (AvgIpc) is 2.39. The zero-order valence-electron chi connectivity index (χ0n) is 14.1. The van der Waals surface area contributed by atoms with Gasteiger partial charge in [0.1, 0.15) is 0 Å². The number of aryl methyl sites for hydroxylation is 1. The van der Waals surface area contributed by atoms with Gasteiger partial charge in [0.2, 0.25) is 0 Å². The molecular weight excluding hydrogens is 244 g/mol. The largest absolute Gasteiger partial charge is 0.309 e. The molecule has 0 aliphatic rings. The van der Waals surface area contributed by atoms with E-state index in [4.69, 9.17) is 0 Å². The van der Waals surface area contributed by atoms with Gasteiger partial charge in [-0.1, -0.05) is 51.5 Å². The number of hydrogen-bond donors (Lipinski definition) is 1. The van der Waals surface area contributed by atoms with E-state index in [1.54, 1.807) is 0 Å². The topological polar surface area (TPSA) is 15.3 Å². The Morgan fingerprint density at radius 3 is 2.10 bits per heavy atom. The molecule has 1 aromatic carbocycles. The predicted octanol–water partition coefficient (Wildman–Crippen LogP) is 3.88. The second-order valence-corrected chi connectivity index (χ2v) is 6.40. The van der Waals surface area contributed by atoms with Crippen LogP contribution >= 0.6 is 0 Å². The molecule has 2 unspecified atom stereocenters. The summed E-state index contributed by atoms with van der Waals surface area (Å²) in [6, 6.07) is 10.1. The van der Waals surface area contributed by atoms with Crippen molar-refractivity contribution in [2.75, 3.05) is 20.6 Å². The van der Waals surface area contributed by atoms with Gasteiger partial charge in [-0.25, -0.2) is 0 Å². The van der Waals surface area contributed by atoms with Gasteiger partial charge in [-0.15, -0.1) is 0 Å². The molecule has 2 heteroatoms. The fourth-order valence-corrected chi connectivity index (χ4v) is 2.69. The molecule has 0 amide bonds. The normalized spacial score (nSPS) is 14.8. The third-order valence-corrected chi connectivity index (χ3v) is 4.08. The third-order valence-electron chi connectivity index (χ3n) is 4.08. The third kappa shape index (κ3) is 5.26. The molecule has 1 aromatic rings. The molecule has 2 nitrogen and oxygen atoms in total. The van der Waals surface area contributed by atoms with E-state index < -0.39 is 0 Å². The summed E-state index contributed by atoms with van der Waals surface area (Å²) in [5, 5.41) is 3.67.